The van der Waals surface area contributed by atoms with Gasteiger partial charge >= 0.3 is 0 Å². The molecule has 4 heteroatoms. The number of likely N-dealkylation sites (tertiary alicyclic amines) is 1. The first-order valence-corrected chi connectivity index (χ1v) is 7.89. The smallest absolute Gasteiger partial charge is 0.272 e. The summed E-state index contributed by atoms with van der Waals surface area (Å²) in [5, 5.41) is 0.949. The van der Waals surface area contributed by atoms with Gasteiger partial charge in [0.1, 0.15) is 5.69 Å². The molecule has 114 valence electrons. The lowest BCUT2D eigenvalue weighted by atomic mass is 10.0. The average molecular weight is 303 g/mol. The van der Waals surface area contributed by atoms with E-state index >= 15 is 0 Å². The molecule has 0 saturated carbocycles. The quantitative estimate of drug-likeness (QED) is 0.726. The van der Waals surface area contributed by atoms with Crippen LogP contribution in [0.5, 0.6) is 0 Å². The predicted octanol–water partition coefficient (Wildman–Crippen LogP) is 3.61. The molecule has 1 saturated heterocycles. The molecular weight excluding hydrogens is 286 g/mol. The number of aromatic nitrogens is 2. The van der Waals surface area contributed by atoms with Crippen LogP contribution in [-0.2, 0) is 0 Å². The minimum atomic E-state index is 0.00932. The maximum atomic E-state index is 12.9. The zero-order chi connectivity index (χ0) is 15.6. The van der Waals surface area contributed by atoms with Gasteiger partial charge in [0.2, 0.25) is 0 Å². The number of carbonyl (C=O) groups is 1. The second kappa shape index (κ2) is 5.80. The van der Waals surface area contributed by atoms with Gasteiger partial charge in [0, 0.05) is 24.3 Å². The van der Waals surface area contributed by atoms with Crippen LogP contribution in [0.2, 0.25) is 0 Å². The van der Waals surface area contributed by atoms with E-state index in [4.69, 9.17) is 0 Å². The summed E-state index contributed by atoms with van der Waals surface area (Å²) in [5.41, 5.74) is 2.51. The Labute approximate surface area is 134 Å². The standard InChI is InChI=1S/C19H17N3O/c23-19(17-9-8-15-13-20-11-10-16(15)21-17)22-12-4-7-18(22)14-5-2-1-3-6-14/h1-3,5-6,8-11,13,18H,4,7,12H2. The highest BCUT2D eigenvalue weighted by atomic mass is 16.2. The summed E-state index contributed by atoms with van der Waals surface area (Å²) < 4.78 is 0. The Morgan fingerprint density at radius 3 is 2.83 bits per heavy atom. The lowest BCUT2D eigenvalue weighted by Crippen LogP contribution is -2.31. The molecule has 1 aliphatic heterocycles. The van der Waals surface area contributed by atoms with Gasteiger partial charge in [0.25, 0.3) is 5.91 Å². The lowest BCUT2D eigenvalue weighted by Gasteiger charge is -2.24. The third kappa shape index (κ3) is 2.57. The number of benzene rings is 1. The third-order valence-corrected chi connectivity index (χ3v) is 4.41. The molecule has 1 atom stereocenters. The Bertz CT molecular complexity index is 847. The highest BCUT2D eigenvalue weighted by Gasteiger charge is 2.31. The zero-order valence-electron chi connectivity index (χ0n) is 12.7. The number of fused-ring (bicyclic) bond motifs is 1. The van der Waals surface area contributed by atoms with Crippen molar-refractivity contribution in [1.29, 1.82) is 0 Å². The molecule has 23 heavy (non-hydrogen) atoms. The Morgan fingerprint density at radius 1 is 1.09 bits per heavy atom. The number of carbonyl (C=O) groups excluding carboxylic acids is 1. The van der Waals surface area contributed by atoms with Gasteiger partial charge in [-0.25, -0.2) is 4.98 Å². The molecule has 1 aromatic carbocycles. The third-order valence-electron chi connectivity index (χ3n) is 4.41. The van der Waals surface area contributed by atoms with Gasteiger partial charge in [-0.3, -0.25) is 9.78 Å². The number of pyridine rings is 2. The van der Waals surface area contributed by atoms with Crippen LogP contribution in [0.25, 0.3) is 10.9 Å². The maximum absolute atomic E-state index is 12.9. The van der Waals surface area contributed by atoms with Crippen LogP contribution in [0.15, 0.2) is 60.9 Å². The minimum absolute atomic E-state index is 0.00932. The van der Waals surface area contributed by atoms with Gasteiger partial charge in [-0.05, 0) is 36.6 Å². The highest BCUT2D eigenvalue weighted by Crippen LogP contribution is 2.32. The van der Waals surface area contributed by atoms with Crippen LogP contribution in [0.3, 0.4) is 0 Å². The molecule has 1 aliphatic rings. The molecule has 0 N–H and O–H groups in total. The summed E-state index contributed by atoms with van der Waals surface area (Å²) in [5.74, 6) is 0.00932. The van der Waals surface area contributed by atoms with Crippen LogP contribution < -0.4 is 0 Å². The van der Waals surface area contributed by atoms with E-state index in [1.165, 1.54) is 5.56 Å². The van der Waals surface area contributed by atoms with Crippen LogP contribution in [0.1, 0.15) is 34.9 Å². The first-order valence-electron chi connectivity index (χ1n) is 7.89. The molecule has 0 spiro atoms. The molecule has 1 unspecified atom stereocenters. The van der Waals surface area contributed by atoms with Crippen molar-refractivity contribution in [3.63, 3.8) is 0 Å². The van der Waals surface area contributed by atoms with E-state index in [-0.39, 0.29) is 11.9 Å². The summed E-state index contributed by atoms with van der Waals surface area (Å²) in [4.78, 5) is 23.5. The van der Waals surface area contributed by atoms with Crippen molar-refractivity contribution >= 4 is 16.8 Å². The van der Waals surface area contributed by atoms with Gasteiger partial charge in [-0.2, -0.15) is 0 Å². The van der Waals surface area contributed by atoms with Crippen molar-refractivity contribution < 1.29 is 4.79 Å². The van der Waals surface area contributed by atoms with Gasteiger partial charge in [0.15, 0.2) is 0 Å². The number of nitrogens with zero attached hydrogens (tertiary/aromatic N) is 3. The maximum Gasteiger partial charge on any atom is 0.272 e. The summed E-state index contributed by atoms with van der Waals surface area (Å²) in [6, 6.07) is 15.9. The monoisotopic (exact) mass is 303 g/mol. The molecule has 0 radical (unpaired) electrons. The number of hydrogen-bond donors (Lipinski definition) is 0. The van der Waals surface area contributed by atoms with Gasteiger partial charge in [0.05, 0.1) is 11.6 Å². The van der Waals surface area contributed by atoms with Crippen molar-refractivity contribution in [2.24, 2.45) is 0 Å². The SMILES string of the molecule is O=C(c1ccc2cnccc2n1)N1CCCC1c1ccccc1. The molecule has 0 bridgehead atoms. The van der Waals surface area contributed by atoms with Crippen molar-refractivity contribution in [3.05, 3.63) is 72.2 Å². The fraction of sp³-hybridized carbons (Fsp3) is 0.211. The Kier molecular flexibility index (Phi) is 3.50. The Balaban J connectivity index is 1.66. The van der Waals surface area contributed by atoms with E-state index in [9.17, 15) is 4.79 Å². The van der Waals surface area contributed by atoms with E-state index in [1.54, 1.807) is 18.5 Å². The van der Waals surface area contributed by atoms with E-state index in [0.717, 1.165) is 30.3 Å². The molecule has 4 rings (SSSR count). The molecule has 3 heterocycles. The van der Waals surface area contributed by atoms with Crippen molar-refractivity contribution in [1.82, 2.24) is 14.9 Å². The largest absolute Gasteiger partial charge is 0.330 e. The number of amides is 1. The van der Waals surface area contributed by atoms with Gasteiger partial charge in [-0.15, -0.1) is 0 Å². The first-order chi connectivity index (χ1) is 11.3. The predicted molar refractivity (Wildman–Crippen MR) is 89.0 cm³/mol. The van der Waals surface area contributed by atoms with Gasteiger partial charge < -0.3 is 4.90 Å². The summed E-state index contributed by atoms with van der Waals surface area (Å²) in [6.45, 7) is 0.786. The summed E-state index contributed by atoms with van der Waals surface area (Å²) >= 11 is 0. The molecule has 3 aromatic rings. The highest BCUT2D eigenvalue weighted by molar-refractivity contribution is 5.95. The van der Waals surface area contributed by atoms with Crippen LogP contribution in [0.4, 0.5) is 0 Å². The van der Waals surface area contributed by atoms with Crippen LogP contribution in [-0.4, -0.2) is 27.3 Å². The van der Waals surface area contributed by atoms with E-state index < -0.39 is 0 Å². The molecular formula is C19H17N3O. The molecule has 1 amide bonds. The average Bonchev–Trinajstić information content (AvgIpc) is 3.11. The molecule has 2 aromatic heterocycles. The normalized spacial score (nSPS) is 17.6. The van der Waals surface area contributed by atoms with Crippen LogP contribution >= 0.6 is 0 Å². The van der Waals surface area contributed by atoms with Crippen molar-refractivity contribution in [2.75, 3.05) is 6.54 Å². The second-order valence-corrected chi connectivity index (χ2v) is 5.83. The molecule has 0 aliphatic carbocycles. The van der Waals surface area contributed by atoms with Crippen LogP contribution in [0, 0.1) is 0 Å². The van der Waals surface area contributed by atoms with E-state index in [0.29, 0.717) is 5.69 Å². The second-order valence-electron chi connectivity index (χ2n) is 5.83. The number of rotatable bonds is 2. The fourth-order valence-electron chi connectivity index (χ4n) is 3.26. The lowest BCUT2D eigenvalue weighted by molar-refractivity contribution is 0.0730. The number of hydrogen-bond acceptors (Lipinski definition) is 3. The fourth-order valence-corrected chi connectivity index (χ4v) is 3.26. The summed E-state index contributed by atoms with van der Waals surface area (Å²) in [7, 11) is 0. The molecule has 1 fully saturated rings. The zero-order valence-corrected chi connectivity index (χ0v) is 12.7. The first kappa shape index (κ1) is 13.9. The molecule has 4 nitrogen and oxygen atoms in total. The van der Waals surface area contributed by atoms with E-state index in [1.807, 2.05) is 35.2 Å². The van der Waals surface area contributed by atoms with Gasteiger partial charge in [-0.1, -0.05) is 30.3 Å². The van der Waals surface area contributed by atoms with Crippen molar-refractivity contribution in [3.8, 4) is 0 Å². The van der Waals surface area contributed by atoms with E-state index in [2.05, 4.69) is 22.1 Å². The Hall–Kier alpha value is -2.75. The van der Waals surface area contributed by atoms with Crippen molar-refractivity contribution in [2.45, 2.75) is 18.9 Å². The minimum Gasteiger partial charge on any atom is -0.330 e. The Morgan fingerprint density at radius 2 is 1.96 bits per heavy atom. The summed E-state index contributed by atoms with van der Waals surface area (Å²) in [6.07, 6.45) is 5.50. The topological polar surface area (TPSA) is 46.1 Å².